The van der Waals surface area contributed by atoms with Gasteiger partial charge >= 0.3 is 0 Å². The molecule has 0 aromatic carbocycles. The van der Waals surface area contributed by atoms with E-state index in [-0.39, 0.29) is 0 Å². The molecule has 1 fully saturated rings. The van der Waals surface area contributed by atoms with Crippen LogP contribution in [0.3, 0.4) is 0 Å². The molecule has 2 heterocycles. The van der Waals surface area contributed by atoms with Gasteiger partial charge in [0.15, 0.2) is 0 Å². The minimum atomic E-state index is -0.629. The van der Waals surface area contributed by atoms with E-state index in [0.717, 1.165) is 25.3 Å². The highest BCUT2D eigenvalue weighted by atomic mass is 16.5. The van der Waals surface area contributed by atoms with Gasteiger partial charge in [-0.1, -0.05) is 0 Å². The fraction of sp³-hybridized carbons (Fsp3) is 0.727. The van der Waals surface area contributed by atoms with Crippen molar-refractivity contribution >= 4 is 0 Å². The number of hydrogen-bond acceptors (Lipinski definition) is 3. The van der Waals surface area contributed by atoms with Crippen molar-refractivity contribution in [2.24, 2.45) is 7.05 Å². The summed E-state index contributed by atoms with van der Waals surface area (Å²) in [5.41, 5.74) is -0.629. The van der Waals surface area contributed by atoms with E-state index in [2.05, 4.69) is 4.98 Å². The third kappa shape index (κ3) is 2.58. The van der Waals surface area contributed by atoms with Gasteiger partial charge in [0.05, 0.1) is 5.60 Å². The number of aliphatic hydroxyl groups is 1. The maximum absolute atomic E-state index is 10.4. The highest BCUT2D eigenvalue weighted by molar-refractivity contribution is 4.98. The average molecular weight is 210 g/mol. The monoisotopic (exact) mass is 210 g/mol. The standard InChI is InChI=1S/C11H18N2O2/c1-13-6-5-12-10(13)9-11(14)3-2-7-15-8-4-11/h5-6,14H,2-4,7-9H2,1H3. The van der Waals surface area contributed by atoms with Crippen molar-refractivity contribution in [1.29, 1.82) is 0 Å². The molecule has 0 radical (unpaired) electrons. The van der Waals surface area contributed by atoms with Crippen LogP contribution in [0.5, 0.6) is 0 Å². The molecule has 4 heteroatoms. The van der Waals surface area contributed by atoms with Crippen molar-refractivity contribution in [3.63, 3.8) is 0 Å². The summed E-state index contributed by atoms with van der Waals surface area (Å²) in [6, 6.07) is 0. The van der Waals surface area contributed by atoms with E-state index in [1.54, 1.807) is 6.20 Å². The van der Waals surface area contributed by atoms with E-state index in [1.807, 2.05) is 17.8 Å². The largest absolute Gasteiger partial charge is 0.389 e. The number of aromatic nitrogens is 2. The Bertz CT molecular complexity index is 314. The molecular weight excluding hydrogens is 192 g/mol. The zero-order chi connectivity index (χ0) is 10.7. The van der Waals surface area contributed by atoms with Crippen LogP contribution in [0.4, 0.5) is 0 Å². The van der Waals surface area contributed by atoms with Crippen LogP contribution in [0, 0.1) is 0 Å². The number of ether oxygens (including phenoxy) is 1. The lowest BCUT2D eigenvalue weighted by atomic mass is 9.91. The summed E-state index contributed by atoms with van der Waals surface area (Å²) in [5.74, 6) is 0.944. The van der Waals surface area contributed by atoms with Gasteiger partial charge in [-0.25, -0.2) is 4.98 Å². The Kier molecular flexibility index (Phi) is 3.07. The summed E-state index contributed by atoms with van der Waals surface area (Å²) >= 11 is 0. The third-order valence-corrected chi connectivity index (χ3v) is 3.05. The van der Waals surface area contributed by atoms with Crippen LogP contribution >= 0.6 is 0 Å². The second-order valence-corrected chi connectivity index (χ2v) is 4.32. The zero-order valence-electron chi connectivity index (χ0n) is 9.15. The molecule has 1 aromatic rings. The molecule has 1 saturated heterocycles. The highest BCUT2D eigenvalue weighted by Gasteiger charge is 2.29. The Morgan fingerprint density at radius 1 is 1.53 bits per heavy atom. The first-order valence-corrected chi connectivity index (χ1v) is 5.46. The van der Waals surface area contributed by atoms with E-state index in [0.29, 0.717) is 19.4 Å². The molecule has 1 aliphatic heterocycles. The zero-order valence-corrected chi connectivity index (χ0v) is 9.15. The number of aryl methyl sites for hydroxylation is 1. The van der Waals surface area contributed by atoms with Gasteiger partial charge in [-0.3, -0.25) is 0 Å². The molecule has 0 aliphatic carbocycles. The maximum Gasteiger partial charge on any atom is 0.111 e. The molecule has 15 heavy (non-hydrogen) atoms. The Hall–Kier alpha value is -0.870. The van der Waals surface area contributed by atoms with Crippen molar-refractivity contribution in [2.45, 2.75) is 31.3 Å². The Morgan fingerprint density at radius 3 is 3.13 bits per heavy atom. The summed E-state index contributed by atoms with van der Waals surface area (Å²) in [4.78, 5) is 4.25. The minimum absolute atomic E-state index is 0.625. The molecule has 1 aromatic heterocycles. The normalized spacial score (nSPS) is 27.6. The first-order valence-electron chi connectivity index (χ1n) is 5.46. The van der Waals surface area contributed by atoms with Gasteiger partial charge in [-0.2, -0.15) is 0 Å². The lowest BCUT2D eigenvalue weighted by Gasteiger charge is -2.25. The summed E-state index contributed by atoms with van der Waals surface area (Å²) < 4.78 is 7.31. The van der Waals surface area contributed by atoms with Crippen LogP contribution < -0.4 is 0 Å². The second kappa shape index (κ2) is 4.33. The van der Waals surface area contributed by atoms with E-state index in [9.17, 15) is 5.11 Å². The third-order valence-electron chi connectivity index (χ3n) is 3.05. The smallest absolute Gasteiger partial charge is 0.111 e. The van der Waals surface area contributed by atoms with Gasteiger partial charge in [-0.05, 0) is 19.3 Å². The van der Waals surface area contributed by atoms with Crippen LogP contribution in [0.1, 0.15) is 25.1 Å². The van der Waals surface area contributed by atoms with Gasteiger partial charge < -0.3 is 14.4 Å². The van der Waals surface area contributed by atoms with Crippen molar-refractivity contribution in [2.75, 3.05) is 13.2 Å². The Balaban J connectivity index is 2.05. The molecule has 0 saturated carbocycles. The minimum Gasteiger partial charge on any atom is -0.389 e. The summed E-state index contributed by atoms with van der Waals surface area (Å²) in [6.07, 6.45) is 6.75. The SMILES string of the molecule is Cn1ccnc1CC1(O)CCCOCC1. The van der Waals surface area contributed by atoms with Gasteiger partial charge in [0.25, 0.3) is 0 Å². The van der Waals surface area contributed by atoms with Gasteiger partial charge in [-0.15, -0.1) is 0 Å². The first-order chi connectivity index (χ1) is 7.20. The topological polar surface area (TPSA) is 47.3 Å². The molecular formula is C11H18N2O2. The lowest BCUT2D eigenvalue weighted by molar-refractivity contribution is 0.0166. The van der Waals surface area contributed by atoms with Gasteiger partial charge in [0, 0.05) is 39.1 Å². The van der Waals surface area contributed by atoms with Crippen molar-refractivity contribution < 1.29 is 9.84 Å². The van der Waals surface area contributed by atoms with Crippen LogP contribution in [0.15, 0.2) is 12.4 Å². The van der Waals surface area contributed by atoms with Crippen molar-refractivity contribution in [3.8, 4) is 0 Å². The van der Waals surface area contributed by atoms with Gasteiger partial charge in [0.1, 0.15) is 5.82 Å². The predicted octanol–water partition coefficient (Wildman–Crippen LogP) is 0.894. The van der Waals surface area contributed by atoms with E-state index in [1.165, 1.54) is 0 Å². The summed E-state index contributed by atoms with van der Waals surface area (Å²) in [5, 5.41) is 10.4. The molecule has 84 valence electrons. The molecule has 1 unspecified atom stereocenters. The van der Waals surface area contributed by atoms with E-state index in [4.69, 9.17) is 4.74 Å². The van der Waals surface area contributed by atoms with Crippen LogP contribution in [-0.2, 0) is 18.2 Å². The van der Waals surface area contributed by atoms with Crippen molar-refractivity contribution in [3.05, 3.63) is 18.2 Å². The van der Waals surface area contributed by atoms with Crippen LogP contribution in [0.25, 0.3) is 0 Å². The molecule has 1 N–H and O–H groups in total. The van der Waals surface area contributed by atoms with Crippen molar-refractivity contribution in [1.82, 2.24) is 9.55 Å². The molecule has 1 aliphatic rings. The first kappa shape index (κ1) is 10.6. The van der Waals surface area contributed by atoms with Crippen LogP contribution in [0.2, 0.25) is 0 Å². The Morgan fingerprint density at radius 2 is 2.40 bits per heavy atom. The molecule has 1 atom stereocenters. The van der Waals surface area contributed by atoms with E-state index < -0.39 is 5.60 Å². The quantitative estimate of drug-likeness (QED) is 0.788. The summed E-state index contributed by atoms with van der Waals surface area (Å²) in [7, 11) is 1.96. The number of hydrogen-bond donors (Lipinski definition) is 1. The predicted molar refractivity (Wildman–Crippen MR) is 56.5 cm³/mol. The average Bonchev–Trinajstić information content (AvgIpc) is 2.48. The number of imidazole rings is 1. The molecule has 0 amide bonds. The maximum atomic E-state index is 10.4. The molecule has 0 spiro atoms. The summed E-state index contributed by atoms with van der Waals surface area (Å²) in [6.45, 7) is 1.42. The number of rotatable bonds is 2. The second-order valence-electron chi connectivity index (χ2n) is 4.32. The highest BCUT2D eigenvalue weighted by Crippen LogP contribution is 2.24. The Labute approximate surface area is 89.9 Å². The fourth-order valence-corrected chi connectivity index (χ4v) is 2.03. The van der Waals surface area contributed by atoms with Gasteiger partial charge in [0.2, 0.25) is 0 Å². The number of nitrogens with zero attached hydrogens (tertiary/aromatic N) is 2. The fourth-order valence-electron chi connectivity index (χ4n) is 2.03. The molecule has 2 rings (SSSR count). The van der Waals surface area contributed by atoms with E-state index >= 15 is 0 Å². The molecule has 4 nitrogen and oxygen atoms in total. The van der Waals surface area contributed by atoms with Crippen LogP contribution in [-0.4, -0.2) is 33.5 Å². The lowest BCUT2D eigenvalue weighted by Crippen LogP contribution is -2.32. The molecule has 0 bridgehead atoms.